The predicted octanol–water partition coefficient (Wildman–Crippen LogP) is 3.10. The molecule has 80 valence electrons. The van der Waals surface area contributed by atoms with E-state index in [1.54, 1.807) is 0 Å². The van der Waals surface area contributed by atoms with Crippen LogP contribution >= 0.6 is 0 Å². The van der Waals surface area contributed by atoms with Gasteiger partial charge in [0, 0.05) is 0 Å². The minimum Gasteiger partial charge on any atom is -0.464 e. The van der Waals surface area contributed by atoms with Gasteiger partial charge in [-0.1, -0.05) is 45.1 Å². The van der Waals surface area contributed by atoms with Crippen molar-refractivity contribution in [3.63, 3.8) is 0 Å². The molecule has 2 heteroatoms. The van der Waals surface area contributed by atoms with Crippen LogP contribution in [0.4, 0.5) is 0 Å². The summed E-state index contributed by atoms with van der Waals surface area (Å²) in [7, 11) is 0. The van der Waals surface area contributed by atoms with Crippen LogP contribution in [0.2, 0.25) is 0 Å². The molecular weight excluding hydrogens is 176 g/mol. The number of rotatable bonds is 6. The predicted molar refractivity (Wildman–Crippen MR) is 59.0 cm³/mol. The Morgan fingerprint density at radius 1 is 1.36 bits per heavy atom. The molecule has 0 heterocycles. The van der Waals surface area contributed by atoms with Crippen LogP contribution in [-0.4, -0.2) is 13.1 Å². The van der Waals surface area contributed by atoms with E-state index in [0.29, 0.717) is 18.5 Å². The van der Waals surface area contributed by atoms with E-state index < -0.39 is 0 Å². The summed E-state index contributed by atoms with van der Waals surface area (Å²) in [6.45, 7) is 11.4. The summed E-state index contributed by atoms with van der Waals surface area (Å²) in [5.41, 5.74) is 1.50. The number of hydrogen-bond donors (Lipinski definition) is 0. The van der Waals surface area contributed by atoms with Gasteiger partial charge in [-0.15, -0.1) is 0 Å². The van der Waals surface area contributed by atoms with Crippen LogP contribution in [0, 0.1) is 5.41 Å². The first-order valence-electron chi connectivity index (χ1n) is 4.82. The van der Waals surface area contributed by atoms with E-state index in [1.807, 2.05) is 12.2 Å². The SMILES string of the molecule is C=C(CC=CCOC=O)CC(C)(C)C. The highest BCUT2D eigenvalue weighted by Gasteiger charge is 2.10. The van der Waals surface area contributed by atoms with Gasteiger partial charge in [-0.2, -0.15) is 0 Å². The summed E-state index contributed by atoms with van der Waals surface area (Å²) >= 11 is 0. The lowest BCUT2D eigenvalue weighted by Gasteiger charge is -2.18. The highest BCUT2D eigenvalue weighted by atomic mass is 16.5. The smallest absolute Gasteiger partial charge is 0.293 e. The van der Waals surface area contributed by atoms with Crippen molar-refractivity contribution >= 4 is 6.47 Å². The summed E-state index contributed by atoms with van der Waals surface area (Å²) in [4.78, 5) is 9.82. The summed E-state index contributed by atoms with van der Waals surface area (Å²) < 4.78 is 4.52. The van der Waals surface area contributed by atoms with Gasteiger partial charge in [0.1, 0.15) is 6.61 Å². The molecule has 0 aromatic carbocycles. The number of hydrogen-bond acceptors (Lipinski definition) is 2. The van der Waals surface area contributed by atoms with E-state index in [-0.39, 0.29) is 0 Å². The average molecular weight is 196 g/mol. The average Bonchev–Trinajstić information content (AvgIpc) is 2.00. The first-order valence-corrected chi connectivity index (χ1v) is 4.82. The third-order valence-corrected chi connectivity index (χ3v) is 1.61. The molecule has 0 radical (unpaired) electrons. The van der Waals surface area contributed by atoms with Crippen LogP contribution in [-0.2, 0) is 9.53 Å². The van der Waals surface area contributed by atoms with E-state index in [2.05, 4.69) is 32.1 Å². The monoisotopic (exact) mass is 196 g/mol. The van der Waals surface area contributed by atoms with E-state index in [1.165, 1.54) is 5.57 Å². The van der Waals surface area contributed by atoms with Crippen molar-refractivity contribution in [2.24, 2.45) is 5.41 Å². The van der Waals surface area contributed by atoms with Crippen LogP contribution in [0.15, 0.2) is 24.3 Å². The van der Waals surface area contributed by atoms with Crippen LogP contribution in [0.25, 0.3) is 0 Å². The van der Waals surface area contributed by atoms with Crippen LogP contribution in [0.1, 0.15) is 33.6 Å². The van der Waals surface area contributed by atoms with Gasteiger partial charge in [0.2, 0.25) is 0 Å². The maximum Gasteiger partial charge on any atom is 0.293 e. The van der Waals surface area contributed by atoms with Crippen molar-refractivity contribution in [3.05, 3.63) is 24.3 Å². The molecule has 0 rings (SSSR count). The summed E-state index contributed by atoms with van der Waals surface area (Å²) in [5.74, 6) is 0. The van der Waals surface area contributed by atoms with Gasteiger partial charge in [0.05, 0.1) is 0 Å². The van der Waals surface area contributed by atoms with Crippen LogP contribution < -0.4 is 0 Å². The van der Waals surface area contributed by atoms with Gasteiger partial charge in [0.25, 0.3) is 6.47 Å². The van der Waals surface area contributed by atoms with Gasteiger partial charge in [-0.3, -0.25) is 4.79 Å². The van der Waals surface area contributed by atoms with Gasteiger partial charge >= 0.3 is 0 Å². The Morgan fingerprint density at radius 3 is 2.50 bits per heavy atom. The molecule has 0 aliphatic rings. The fraction of sp³-hybridized carbons (Fsp3) is 0.583. The maximum absolute atomic E-state index is 9.82. The molecule has 0 aromatic rings. The van der Waals surface area contributed by atoms with Crippen molar-refractivity contribution in [3.8, 4) is 0 Å². The first-order chi connectivity index (χ1) is 6.45. The molecule has 0 spiro atoms. The number of carbonyl (C=O) groups excluding carboxylic acids is 1. The van der Waals surface area contributed by atoms with Crippen molar-refractivity contribution in [2.45, 2.75) is 33.6 Å². The highest BCUT2D eigenvalue weighted by Crippen LogP contribution is 2.24. The van der Waals surface area contributed by atoms with Gasteiger partial charge in [0.15, 0.2) is 0 Å². The fourth-order valence-corrected chi connectivity index (χ4v) is 1.24. The lowest BCUT2D eigenvalue weighted by molar-refractivity contribution is -0.127. The molecule has 0 saturated heterocycles. The third-order valence-electron chi connectivity index (χ3n) is 1.61. The van der Waals surface area contributed by atoms with Gasteiger partial charge in [-0.25, -0.2) is 0 Å². The standard InChI is InChI=1S/C12H20O2/c1-11(9-12(2,3)4)7-5-6-8-14-10-13/h5-6,10H,1,7-9H2,2-4H3. The molecule has 0 saturated carbocycles. The summed E-state index contributed by atoms with van der Waals surface area (Å²) in [6, 6.07) is 0. The Kier molecular flexibility index (Phi) is 5.93. The molecule has 0 aromatic heterocycles. The third kappa shape index (κ3) is 9.04. The minimum atomic E-state index is 0.296. The molecule has 0 aliphatic heterocycles. The van der Waals surface area contributed by atoms with Crippen molar-refractivity contribution in [1.29, 1.82) is 0 Å². The summed E-state index contributed by atoms with van der Waals surface area (Å²) in [6.07, 6.45) is 5.70. The number of carbonyl (C=O) groups is 1. The van der Waals surface area contributed by atoms with E-state index in [9.17, 15) is 4.79 Å². The molecule has 2 nitrogen and oxygen atoms in total. The second-order valence-electron chi connectivity index (χ2n) is 4.59. The maximum atomic E-state index is 9.82. The molecule has 14 heavy (non-hydrogen) atoms. The van der Waals surface area contributed by atoms with E-state index in [0.717, 1.165) is 12.8 Å². The van der Waals surface area contributed by atoms with Crippen molar-refractivity contribution in [2.75, 3.05) is 6.61 Å². The molecule has 0 atom stereocenters. The lowest BCUT2D eigenvalue weighted by Crippen LogP contribution is -2.05. The van der Waals surface area contributed by atoms with E-state index >= 15 is 0 Å². The zero-order valence-electron chi connectivity index (χ0n) is 9.38. The fourth-order valence-electron chi connectivity index (χ4n) is 1.24. The van der Waals surface area contributed by atoms with E-state index in [4.69, 9.17) is 0 Å². The van der Waals surface area contributed by atoms with Crippen LogP contribution in [0.3, 0.4) is 0 Å². The Hall–Kier alpha value is -1.05. The van der Waals surface area contributed by atoms with Gasteiger partial charge < -0.3 is 4.74 Å². The highest BCUT2D eigenvalue weighted by molar-refractivity contribution is 5.37. The van der Waals surface area contributed by atoms with Crippen LogP contribution in [0.5, 0.6) is 0 Å². The topological polar surface area (TPSA) is 26.3 Å². The molecule has 0 bridgehead atoms. The molecule has 0 N–H and O–H groups in total. The second-order valence-corrected chi connectivity index (χ2v) is 4.59. The Bertz CT molecular complexity index is 209. The molecule has 0 fully saturated rings. The van der Waals surface area contributed by atoms with Crippen molar-refractivity contribution in [1.82, 2.24) is 0 Å². The second kappa shape index (κ2) is 6.41. The zero-order chi connectivity index (χ0) is 11.0. The Labute approximate surface area is 86.6 Å². The molecular formula is C12H20O2. The largest absolute Gasteiger partial charge is 0.464 e. The van der Waals surface area contributed by atoms with Gasteiger partial charge in [-0.05, 0) is 18.3 Å². The lowest BCUT2D eigenvalue weighted by atomic mass is 9.87. The quantitative estimate of drug-likeness (QED) is 0.370. The summed E-state index contributed by atoms with van der Waals surface area (Å²) in [5, 5.41) is 0. The molecule has 0 amide bonds. The Morgan fingerprint density at radius 2 is 2.00 bits per heavy atom. The Balaban J connectivity index is 3.63. The number of ether oxygens (including phenoxy) is 1. The molecule has 0 aliphatic carbocycles. The first kappa shape index (κ1) is 12.9. The zero-order valence-corrected chi connectivity index (χ0v) is 9.38. The number of allylic oxidation sites excluding steroid dienone is 2. The normalized spacial score (nSPS) is 11.6. The minimum absolute atomic E-state index is 0.296. The van der Waals surface area contributed by atoms with Crippen molar-refractivity contribution < 1.29 is 9.53 Å². The molecule has 0 unspecified atom stereocenters.